The average Bonchev–Trinajstić information content (AvgIpc) is 3.02. The summed E-state index contributed by atoms with van der Waals surface area (Å²) in [5, 5.41) is 4.07. The summed E-state index contributed by atoms with van der Waals surface area (Å²) in [4.78, 5) is 19.1. The first-order valence-electron chi connectivity index (χ1n) is 8.41. The number of hydrogen-bond donors (Lipinski definition) is 1. The first kappa shape index (κ1) is 17.6. The maximum absolute atomic E-state index is 12.5. The minimum atomic E-state index is -0.212. The lowest BCUT2D eigenvalue weighted by Gasteiger charge is -2.23. The van der Waals surface area contributed by atoms with Crippen LogP contribution >= 0.6 is 11.3 Å². The van der Waals surface area contributed by atoms with E-state index in [0.717, 1.165) is 16.1 Å². The second-order valence-electron chi connectivity index (χ2n) is 6.31. The van der Waals surface area contributed by atoms with Crippen LogP contribution in [0.25, 0.3) is 10.2 Å². The molecule has 130 valence electrons. The third-order valence-electron chi connectivity index (χ3n) is 4.48. The number of likely N-dealkylation sites (N-methyl/N-ethyl adjacent to an activating group) is 1. The van der Waals surface area contributed by atoms with E-state index >= 15 is 0 Å². The van der Waals surface area contributed by atoms with Crippen LogP contribution < -0.4 is 5.32 Å². The Labute approximate surface area is 152 Å². The normalized spacial score (nSPS) is 12.5. The zero-order valence-corrected chi connectivity index (χ0v) is 15.6. The van der Waals surface area contributed by atoms with E-state index in [9.17, 15) is 4.79 Å². The number of para-hydroxylation sites is 1. The van der Waals surface area contributed by atoms with Crippen molar-refractivity contribution >= 4 is 27.5 Å². The summed E-state index contributed by atoms with van der Waals surface area (Å²) in [5.41, 5.74) is 3.36. The maximum Gasteiger partial charge on any atom is 0.237 e. The second kappa shape index (κ2) is 7.76. The van der Waals surface area contributed by atoms with Gasteiger partial charge in [-0.25, -0.2) is 4.98 Å². The number of carbonyl (C=O) groups is 1. The van der Waals surface area contributed by atoms with Gasteiger partial charge in [-0.3, -0.25) is 9.69 Å². The molecular formula is C20H23N3OS. The fraction of sp³-hybridized carbons (Fsp3) is 0.300. The first-order valence-corrected chi connectivity index (χ1v) is 9.23. The van der Waals surface area contributed by atoms with Gasteiger partial charge in [0.15, 0.2) is 0 Å². The van der Waals surface area contributed by atoms with Crippen LogP contribution in [0.5, 0.6) is 0 Å². The first-order chi connectivity index (χ1) is 12.0. The van der Waals surface area contributed by atoms with Crippen molar-refractivity contribution in [3.05, 3.63) is 64.7 Å². The molecule has 25 heavy (non-hydrogen) atoms. The maximum atomic E-state index is 12.5. The third kappa shape index (κ3) is 4.24. The number of carbonyl (C=O) groups excluding carboxylic acids is 1. The number of thiazole rings is 1. The van der Waals surface area contributed by atoms with Gasteiger partial charge in [0, 0.05) is 6.54 Å². The van der Waals surface area contributed by atoms with Crippen molar-refractivity contribution in [3.8, 4) is 0 Å². The van der Waals surface area contributed by atoms with Gasteiger partial charge in [-0.2, -0.15) is 0 Å². The Balaban J connectivity index is 1.58. The molecule has 1 atom stereocenters. The predicted octanol–water partition coefficient (Wildman–Crippen LogP) is 3.74. The standard InChI is InChI=1S/C20H23N3OS/c1-14-8-4-5-9-16(14)12-21-20(24)15(2)23(3)13-19-22-17-10-6-7-11-18(17)25-19/h4-11,15H,12-13H2,1-3H3,(H,21,24). The molecule has 1 N–H and O–H groups in total. The van der Waals surface area contributed by atoms with Gasteiger partial charge in [0.2, 0.25) is 5.91 Å². The van der Waals surface area contributed by atoms with Crippen LogP contribution in [0.1, 0.15) is 23.1 Å². The summed E-state index contributed by atoms with van der Waals surface area (Å²) in [5.74, 6) is 0.0341. The summed E-state index contributed by atoms with van der Waals surface area (Å²) in [6, 6.07) is 16.0. The van der Waals surface area contributed by atoms with E-state index in [4.69, 9.17) is 0 Å². The van der Waals surface area contributed by atoms with Gasteiger partial charge in [-0.05, 0) is 44.2 Å². The van der Waals surface area contributed by atoms with Crippen molar-refractivity contribution in [2.24, 2.45) is 0 Å². The molecule has 1 amide bonds. The average molecular weight is 353 g/mol. The lowest BCUT2D eigenvalue weighted by atomic mass is 10.1. The quantitative estimate of drug-likeness (QED) is 0.734. The van der Waals surface area contributed by atoms with Crippen molar-refractivity contribution in [2.45, 2.75) is 33.0 Å². The van der Waals surface area contributed by atoms with Gasteiger partial charge in [-0.1, -0.05) is 36.4 Å². The zero-order chi connectivity index (χ0) is 17.8. The van der Waals surface area contributed by atoms with Crippen LogP contribution in [0.4, 0.5) is 0 Å². The molecule has 0 fully saturated rings. The lowest BCUT2D eigenvalue weighted by molar-refractivity contribution is -0.125. The van der Waals surface area contributed by atoms with Crippen LogP contribution in [-0.4, -0.2) is 28.9 Å². The number of benzene rings is 2. The lowest BCUT2D eigenvalue weighted by Crippen LogP contribution is -2.42. The molecule has 0 saturated carbocycles. The summed E-state index contributed by atoms with van der Waals surface area (Å²) in [6.07, 6.45) is 0. The molecule has 3 aromatic rings. The van der Waals surface area contributed by atoms with Crippen LogP contribution in [0.15, 0.2) is 48.5 Å². The number of amides is 1. The number of hydrogen-bond acceptors (Lipinski definition) is 4. The van der Waals surface area contributed by atoms with Gasteiger partial charge < -0.3 is 5.32 Å². The van der Waals surface area contributed by atoms with Gasteiger partial charge in [0.1, 0.15) is 5.01 Å². The molecule has 0 bridgehead atoms. The summed E-state index contributed by atoms with van der Waals surface area (Å²) >= 11 is 1.68. The molecule has 5 heteroatoms. The molecule has 0 saturated heterocycles. The van der Waals surface area contributed by atoms with Crippen molar-refractivity contribution in [1.82, 2.24) is 15.2 Å². The monoisotopic (exact) mass is 353 g/mol. The molecule has 0 aliphatic heterocycles. The molecule has 0 radical (unpaired) electrons. The van der Waals surface area contributed by atoms with E-state index in [1.165, 1.54) is 10.3 Å². The largest absolute Gasteiger partial charge is 0.351 e. The highest BCUT2D eigenvalue weighted by Crippen LogP contribution is 2.22. The SMILES string of the molecule is Cc1ccccc1CNC(=O)C(C)N(C)Cc1nc2ccccc2s1. The Morgan fingerprint density at radius 2 is 1.92 bits per heavy atom. The number of nitrogens with zero attached hydrogens (tertiary/aromatic N) is 2. The van der Waals surface area contributed by atoms with Gasteiger partial charge in [0.05, 0.1) is 22.8 Å². The Kier molecular flexibility index (Phi) is 5.46. The molecule has 3 rings (SSSR count). The van der Waals surface area contributed by atoms with Crippen LogP contribution in [0, 0.1) is 6.92 Å². The third-order valence-corrected chi connectivity index (χ3v) is 5.50. The van der Waals surface area contributed by atoms with Crippen molar-refractivity contribution < 1.29 is 4.79 Å². The molecular weight excluding hydrogens is 330 g/mol. The van der Waals surface area contributed by atoms with Crippen molar-refractivity contribution in [2.75, 3.05) is 7.05 Å². The van der Waals surface area contributed by atoms with Crippen molar-refractivity contribution in [1.29, 1.82) is 0 Å². The van der Waals surface area contributed by atoms with Crippen molar-refractivity contribution in [3.63, 3.8) is 0 Å². The van der Waals surface area contributed by atoms with Crippen LogP contribution in [0.3, 0.4) is 0 Å². The summed E-state index contributed by atoms with van der Waals surface area (Å²) < 4.78 is 1.18. The zero-order valence-electron chi connectivity index (χ0n) is 14.8. The number of nitrogens with one attached hydrogen (secondary N) is 1. The predicted molar refractivity (Wildman–Crippen MR) is 104 cm³/mol. The Morgan fingerprint density at radius 1 is 1.20 bits per heavy atom. The van der Waals surface area contributed by atoms with Gasteiger partial charge in [-0.15, -0.1) is 11.3 Å². The summed E-state index contributed by atoms with van der Waals surface area (Å²) in [7, 11) is 1.96. The topological polar surface area (TPSA) is 45.2 Å². The van der Waals surface area contributed by atoms with Gasteiger partial charge >= 0.3 is 0 Å². The molecule has 0 aliphatic carbocycles. The van der Waals surface area contributed by atoms with E-state index in [0.29, 0.717) is 13.1 Å². The van der Waals surface area contributed by atoms with E-state index in [-0.39, 0.29) is 11.9 Å². The van der Waals surface area contributed by atoms with Gasteiger partial charge in [0.25, 0.3) is 0 Å². The molecule has 0 spiro atoms. The summed E-state index contributed by atoms with van der Waals surface area (Å²) in [6.45, 7) is 5.22. The van der Waals surface area contributed by atoms with E-state index in [2.05, 4.69) is 29.4 Å². The van der Waals surface area contributed by atoms with Crippen LogP contribution in [-0.2, 0) is 17.9 Å². The highest BCUT2D eigenvalue weighted by molar-refractivity contribution is 7.18. The fourth-order valence-corrected chi connectivity index (χ4v) is 3.71. The molecule has 4 nitrogen and oxygen atoms in total. The van der Waals surface area contributed by atoms with E-state index < -0.39 is 0 Å². The Bertz CT molecular complexity index is 841. The molecule has 1 aromatic heterocycles. The Morgan fingerprint density at radius 3 is 2.68 bits per heavy atom. The highest BCUT2D eigenvalue weighted by Gasteiger charge is 2.19. The van der Waals surface area contributed by atoms with Crippen LogP contribution in [0.2, 0.25) is 0 Å². The number of rotatable bonds is 6. The molecule has 0 aliphatic rings. The minimum Gasteiger partial charge on any atom is -0.351 e. The van der Waals surface area contributed by atoms with E-state index in [1.54, 1.807) is 11.3 Å². The molecule has 1 heterocycles. The molecule has 1 unspecified atom stereocenters. The number of aromatic nitrogens is 1. The smallest absolute Gasteiger partial charge is 0.237 e. The number of fused-ring (bicyclic) bond motifs is 1. The fourth-order valence-electron chi connectivity index (χ4n) is 2.68. The Hall–Kier alpha value is -2.24. The molecule has 2 aromatic carbocycles. The second-order valence-corrected chi connectivity index (χ2v) is 7.43. The minimum absolute atomic E-state index is 0.0341. The highest BCUT2D eigenvalue weighted by atomic mass is 32.1. The number of aryl methyl sites for hydroxylation is 1. The van der Waals surface area contributed by atoms with E-state index in [1.807, 2.05) is 55.3 Å².